The lowest BCUT2D eigenvalue weighted by atomic mass is 9.91. The van der Waals surface area contributed by atoms with Crippen LogP contribution in [0.4, 0.5) is 22.7 Å². The molecular weight excluding hydrogens is 993 g/mol. The standard InChI is InChI=1S/C30H30N8.2C15H32O3S/c1-5-15-25(16-6-1)35-31-29(32-36(35)26-17-7-2-8-18-26)23-13-14-24-30-33-37(27-19-9-3-10-20-27)38(34-30)28-21-11-4-12-22-28;2*1-4-7-8-9-10-11-14-15(12-5-2,13-6-3)19(16,17)18/h1-12,15-22H,13-14,23-24H2,(H,31,32)(H,33,34);2*4-14H2,1-3H3,(H,16,17,18). The maximum Gasteiger partial charge on any atom is 0.270 e. The monoisotopic (exact) mass is 1090 g/mol. The van der Waals surface area contributed by atoms with Crippen molar-refractivity contribution < 1.29 is 25.9 Å². The SMILES string of the molecule is CCCCCCCCC(CCC)(CCC)S(=O)(=O)O.CCCCCCCCC(CCC)(CCC)S(=O)(=O)O.c1ccc(N2N=C(CCCCC3=NN(c4ccccc4)N(c4ccccc4)N3)NN2c2ccccc2)cc1. The molecular formula is C60H94N8O6S2. The smallest absolute Gasteiger partial charge is 0.270 e. The summed E-state index contributed by atoms with van der Waals surface area (Å²) in [7, 11) is -7.90. The van der Waals surface area contributed by atoms with Crippen LogP contribution < -0.4 is 31.3 Å². The summed E-state index contributed by atoms with van der Waals surface area (Å²) in [6, 6.07) is 40.8. The number of hydrazine groups is 4. The first-order valence-corrected chi connectivity index (χ1v) is 31.6. The van der Waals surface area contributed by atoms with Crippen LogP contribution in [0.1, 0.15) is 208 Å². The molecule has 16 heteroatoms. The van der Waals surface area contributed by atoms with Gasteiger partial charge in [0.25, 0.3) is 20.2 Å². The molecule has 0 saturated heterocycles. The number of hydrogen-bond donors (Lipinski definition) is 4. The van der Waals surface area contributed by atoms with Crippen LogP contribution in [0.3, 0.4) is 0 Å². The van der Waals surface area contributed by atoms with Crippen molar-refractivity contribution in [3.05, 3.63) is 121 Å². The van der Waals surface area contributed by atoms with Gasteiger partial charge in [0, 0.05) is 12.8 Å². The fraction of sp³-hybridized carbons (Fsp3) is 0.567. The third-order valence-electron chi connectivity index (χ3n) is 14.2. The Kier molecular flexibility index (Phi) is 28.2. The van der Waals surface area contributed by atoms with Crippen molar-refractivity contribution in [3.8, 4) is 0 Å². The molecule has 0 aliphatic carbocycles. The number of benzene rings is 4. The van der Waals surface area contributed by atoms with Crippen LogP contribution in [0.15, 0.2) is 132 Å². The number of hydrogen-bond acceptors (Lipinski definition) is 12. The Morgan fingerprint density at radius 3 is 0.921 bits per heavy atom. The number of anilines is 4. The van der Waals surface area contributed by atoms with E-state index in [-0.39, 0.29) is 0 Å². The van der Waals surface area contributed by atoms with Crippen LogP contribution >= 0.6 is 0 Å². The first kappa shape index (κ1) is 63.4. The van der Waals surface area contributed by atoms with Gasteiger partial charge in [-0.15, -0.1) is 10.2 Å². The highest BCUT2D eigenvalue weighted by molar-refractivity contribution is 7.87. The molecule has 4 aromatic rings. The predicted octanol–water partition coefficient (Wildman–Crippen LogP) is 16.0. The second-order valence-corrected chi connectivity index (χ2v) is 24.1. The third-order valence-corrected chi connectivity index (χ3v) is 17.6. The van der Waals surface area contributed by atoms with Crippen LogP contribution in [0.25, 0.3) is 0 Å². The number of nitrogens with one attached hydrogen (secondary N) is 2. The van der Waals surface area contributed by atoms with E-state index in [0.29, 0.717) is 38.5 Å². The van der Waals surface area contributed by atoms with Crippen molar-refractivity contribution in [1.82, 2.24) is 10.9 Å². The van der Waals surface area contributed by atoms with Gasteiger partial charge in [-0.05, 0) is 99.9 Å². The highest BCUT2D eigenvalue weighted by Crippen LogP contribution is 2.36. The fourth-order valence-corrected chi connectivity index (χ4v) is 12.9. The first-order valence-electron chi connectivity index (χ1n) is 28.7. The Bertz CT molecular complexity index is 2280. The van der Waals surface area contributed by atoms with Gasteiger partial charge in [-0.2, -0.15) is 37.3 Å². The third kappa shape index (κ3) is 20.0. The summed E-state index contributed by atoms with van der Waals surface area (Å²) in [4.78, 5) is 0. The van der Waals surface area contributed by atoms with Crippen LogP contribution in [0.5, 0.6) is 0 Å². The number of hydrazone groups is 2. The zero-order valence-electron chi connectivity index (χ0n) is 47.0. The quantitative estimate of drug-likeness (QED) is 0.0263. The van der Waals surface area contributed by atoms with Crippen molar-refractivity contribution in [2.75, 3.05) is 20.5 Å². The summed E-state index contributed by atoms with van der Waals surface area (Å²) in [5, 5.41) is 17.6. The Hall–Kier alpha value is -5.16. The molecule has 0 unspecified atom stereocenters. The fourth-order valence-electron chi connectivity index (χ4n) is 10.3. The number of amidine groups is 2. The summed E-state index contributed by atoms with van der Waals surface area (Å²) in [6.07, 6.45) is 24.1. The van der Waals surface area contributed by atoms with Gasteiger partial charge in [0.1, 0.15) is 11.7 Å². The molecule has 0 bridgehead atoms. The molecule has 2 heterocycles. The zero-order chi connectivity index (χ0) is 55.1. The van der Waals surface area contributed by atoms with Gasteiger partial charge in [-0.3, -0.25) is 20.0 Å². The Morgan fingerprint density at radius 1 is 0.368 bits per heavy atom. The normalized spacial score (nSPS) is 13.8. The minimum absolute atomic E-state index is 0.578. The zero-order valence-corrected chi connectivity index (χ0v) is 48.6. The van der Waals surface area contributed by atoms with Crippen LogP contribution in [-0.4, -0.2) is 47.1 Å². The van der Waals surface area contributed by atoms with Gasteiger partial charge in [0.05, 0.1) is 32.2 Å². The van der Waals surface area contributed by atoms with E-state index in [1.807, 2.05) is 121 Å². The number of unbranched alkanes of at least 4 members (excludes halogenated alkanes) is 11. The van der Waals surface area contributed by atoms with E-state index in [9.17, 15) is 25.9 Å². The molecule has 2 aliphatic rings. The molecule has 0 atom stereocenters. The van der Waals surface area contributed by atoms with Gasteiger partial charge >= 0.3 is 0 Å². The van der Waals surface area contributed by atoms with E-state index in [2.05, 4.69) is 73.2 Å². The Balaban J connectivity index is 0.000000279. The van der Waals surface area contributed by atoms with Gasteiger partial charge in [0.2, 0.25) is 0 Å². The number of rotatable bonds is 33. The van der Waals surface area contributed by atoms with Gasteiger partial charge < -0.3 is 0 Å². The maximum atomic E-state index is 11.8. The summed E-state index contributed by atoms with van der Waals surface area (Å²) in [5.74, 6) is 1.88. The van der Waals surface area contributed by atoms with Gasteiger partial charge in [-0.1, -0.05) is 217 Å². The van der Waals surface area contributed by atoms with E-state index in [1.165, 1.54) is 51.4 Å². The minimum Gasteiger partial charge on any atom is -0.285 e. The van der Waals surface area contributed by atoms with Crippen molar-refractivity contribution in [2.24, 2.45) is 10.2 Å². The molecule has 0 radical (unpaired) electrons. The molecule has 422 valence electrons. The summed E-state index contributed by atoms with van der Waals surface area (Å²) in [6.45, 7) is 12.3. The van der Waals surface area contributed by atoms with E-state index in [0.717, 1.165) is 111 Å². The van der Waals surface area contributed by atoms with Crippen molar-refractivity contribution in [1.29, 1.82) is 0 Å². The molecule has 4 aromatic carbocycles. The Morgan fingerprint density at radius 2 is 0.645 bits per heavy atom. The average molecular weight is 1090 g/mol. The van der Waals surface area contributed by atoms with Crippen molar-refractivity contribution in [3.63, 3.8) is 0 Å². The molecule has 0 fully saturated rings. The van der Waals surface area contributed by atoms with Crippen LogP contribution in [0.2, 0.25) is 0 Å². The van der Waals surface area contributed by atoms with Crippen LogP contribution in [-0.2, 0) is 20.2 Å². The summed E-state index contributed by atoms with van der Waals surface area (Å²) < 4.78 is 64.5. The molecule has 0 spiro atoms. The molecule has 0 aromatic heterocycles. The van der Waals surface area contributed by atoms with Crippen LogP contribution in [0, 0.1) is 0 Å². The van der Waals surface area contributed by atoms with E-state index < -0.39 is 29.7 Å². The van der Waals surface area contributed by atoms with Gasteiger partial charge in [0.15, 0.2) is 0 Å². The first-order chi connectivity index (χ1) is 36.7. The van der Waals surface area contributed by atoms with Crippen molar-refractivity contribution >= 4 is 54.7 Å². The molecule has 2 aliphatic heterocycles. The second-order valence-electron chi connectivity index (χ2n) is 20.4. The highest BCUT2D eigenvalue weighted by atomic mass is 32.2. The summed E-state index contributed by atoms with van der Waals surface area (Å²) >= 11 is 0. The minimum atomic E-state index is -3.95. The molecule has 6 rings (SSSR count). The number of para-hydroxylation sites is 4. The average Bonchev–Trinajstić information content (AvgIpc) is 4.07. The molecule has 0 saturated carbocycles. The van der Waals surface area contributed by atoms with Crippen molar-refractivity contribution in [2.45, 2.75) is 218 Å². The van der Waals surface area contributed by atoms with Gasteiger partial charge in [-0.25, -0.2) is 0 Å². The lowest BCUT2D eigenvalue weighted by Crippen LogP contribution is -2.44. The topological polar surface area (TPSA) is 170 Å². The van der Waals surface area contributed by atoms with E-state index in [4.69, 9.17) is 10.2 Å². The maximum absolute atomic E-state index is 11.8. The lowest BCUT2D eigenvalue weighted by Gasteiger charge is -2.30. The molecule has 14 nitrogen and oxygen atoms in total. The number of nitrogens with zero attached hydrogens (tertiary/aromatic N) is 6. The molecule has 4 N–H and O–H groups in total. The second kappa shape index (κ2) is 33.9. The highest BCUT2D eigenvalue weighted by Gasteiger charge is 2.41. The largest absolute Gasteiger partial charge is 0.285 e. The molecule has 76 heavy (non-hydrogen) atoms. The van der Waals surface area contributed by atoms with E-state index >= 15 is 0 Å². The lowest BCUT2D eigenvalue weighted by molar-refractivity contribution is 0.358. The molecule has 0 amide bonds. The predicted molar refractivity (Wildman–Crippen MR) is 319 cm³/mol. The summed E-state index contributed by atoms with van der Waals surface area (Å²) in [5.41, 5.74) is 11.0. The Labute approximate surface area is 459 Å². The van der Waals surface area contributed by atoms with E-state index in [1.54, 1.807) is 0 Å².